The van der Waals surface area contributed by atoms with E-state index in [-0.39, 0.29) is 0 Å². The molecule has 0 aromatic rings. The molecule has 2 unspecified atom stereocenters. The molecule has 0 bridgehead atoms. The lowest BCUT2D eigenvalue weighted by Crippen LogP contribution is -2.45. The van der Waals surface area contributed by atoms with E-state index in [1.165, 1.54) is 38.9 Å². The molecule has 0 N–H and O–H groups in total. The first-order valence-electron chi connectivity index (χ1n) is 6.90. The van der Waals surface area contributed by atoms with Crippen molar-refractivity contribution in [2.45, 2.75) is 47.0 Å². The molecule has 16 heavy (non-hydrogen) atoms. The van der Waals surface area contributed by atoms with Crippen LogP contribution in [0.5, 0.6) is 0 Å². The van der Waals surface area contributed by atoms with Gasteiger partial charge < -0.3 is 4.90 Å². The number of nitrogens with zero attached hydrogens (tertiary/aromatic N) is 1. The Hall–Kier alpha value is 0.310. The molecule has 0 saturated carbocycles. The van der Waals surface area contributed by atoms with E-state index in [9.17, 15) is 0 Å². The summed E-state index contributed by atoms with van der Waals surface area (Å²) in [4.78, 5) is 2.67. The van der Waals surface area contributed by atoms with Crippen molar-refractivity contribution in [1.82, 2.24) is 4.90 Å². The van der Waals surface area contributed by atoms with Crippen molar-refractivity contribution < 1.29 is 0 Å². The summed E-state index contributed by atoms with van der Waals surface area (Å²) in [5.74, 6) is 2.80. The van der Waals surface area contributed by atoms with Crippen LogP contribution in [-0.2, 0) is 0 Å². The number of rotatable bonds is 5. The Morgan fingerprint density at radius 1 is 1.19 bits per heavy atom. The number of piperidine rings is 1. The van der Waals surface area contributed by atoms with Gasteiger partial charge in [0.15, 0.2) is 0 Å². The van der Waals surface area contributed by atoms with Gasteiger partial charge in [-0.3, -0.25) is 0 Å². The zero-order chi connectivity index (χ0) is 12.2. The Morgan fingerprint density at radius 2 is 1.81 bits per heavy atom. The van der Waals surface area contributed by atoms with Gasteiger partial charge in [0.1, 0.15) is 0 Å². The molecule has 2 atom stereocenters. The number of likely N-dealkylation sites (tertiary alicyclic amines) is 1. The molecule has 1 rings (SSSR count). The van der Waals surface area contributed by atoms with Gasteiger partial charge in [-0.15, -0.1) is 0 Å². The number of hydrogen-bond donors (Lipinski definition) is 1. The lowest BCUT2D eigenvalue weighted by atomic mass is 9.81. The Labute approximate surface area is 107 Å². The Bertz CT molecular complexity index is 193. The predicted molar refractivity (Wildman–Crippen MR) is 76.3 cm³/mol. The molecule has 1 aliphatic rings. The van der Waals surface area contributed by atoms with E-state index in [4.69, 9.17) is 0 Å². The zero-order valence-electron chi connectivity index (χ0n) is 11.5. The van der Waals surface area contributed by atoms with Gasteiger partial charge in [0.25, 0.3) is 0 Å². The van der Waals surface area contributed by atoms with Gasteiger partial charge in [0, 0.05) is 13.1 Å². The highest BCUT2D eigenvalue weighted by Crippen LogP contribution is 2.31. The minimum atomic E-state index is 0.448. The average Bonchev–Trinajstić information content (AvgIpc) is 2.31. The number of thiol groups is 1. The molecule has 1 aliphatic heterocycles. The third kappa shape index (κ3) is 3.40. The predicted octanol–water partition coefficient (Wildman–Crippen LogP) is 3.70. The third-order valence-corrected chi connectivity index (χ3v) is 5.48. The Balaban J connectivity index is 2.53. The maximum absolute atomic E-state index is 4.57. The van der Waals surface area contributed by atoms with E-state index in [0.29, 0.717) is 5.41 Å². The zero-order valence-corrected chi connectivity index (χ0v) is 12.4. The van der Waals surface area contributed by atoms with E-state index in [1.54, 1.807) is 0 Å². The van der Waals surface area contributed by atoms with E-state index in [1.807, 2.05) is 0 Å². The van der Waals surface area contributed by atoms with Crippen molar-refractivity contribution >= 4 is 12.6 Å². The van der Waals surface area contributed by atoms with Gasteiger partial charge in [0.05, 0.1) is 0 Å². The highest BCUT2D eigenvalue weighted by Gasteiger charge is 2.30. The molecule has 1 heterocycles. The first-order chi connectivity index (χ1) is 7.56. The van der Waals surface area contributed by atoms with Crippen LogP contribution in [0.3, 0.4) is 0 Å². The van der Waals surface area contributed by atoms with Crippen LogP contribution in [-0.4, -0.2) is 30.3 Å². The Morgan fingerprint density at radius 3 is 2.25 bits per heavy atom. The molecule has 0 spiro atoms. The molecule has 2 heteroatoms. The lowest BCUT2D eigenvalue weighted by molar-refractivity contribution is 0.0878. The fraction of sp³-hybridized carbons (Fsp3) is 1.00. The van der Waals surface area contributed by atoms with Gasteiger partial charge in [-0.05, 0) is 48.8 Å². The first kappa shape index (κ1) is 14.4. The van der Waals surface area contributed by atoms with Gasteiger partial charge in [0.2, 0.25) is 0 Å². The SMILES string of the molecule is CCC(CC)(CS)CN1CCC(C)C(C)C1. The average molecular weight is 243 g/mol. The molecule has 96 valence electrons. The van der Waals surface area contributed by atoms with Crippen LogP contribution in [0, 0.1) is 17.3 Å². The van der Waals surface area contributed by atoms with Crippen molar-refractivity contribution in [3.63, 3.8) is 0 Å². The van der Waals surface area contributed by atoms with Crippen LogP contribution in [0.15, 0.2) is 0 Å². The van der Waals surface area contributed by atoms with Crippen LogP contribution in [0.25, 0.3) is 0 Å². The lowest BCUT2D eigenvalue weighted by Gasteiger charge is -2.41. The highest BCUT2D eigenvalue weighted by atomic mass is 32.1. The molecule has 0 radical (unpaired) electrons. The largest absolute Gasteiger partial charge is 0.302 e. The molecule has 1 saturated heterocycles. The summed E-state index contributed by atoms with van der Waals surface area (Å²) >= 11 is 4.57. The molecular formula is C14H29NS. The van der Waals surface area contributed by atoms with Gasteiger partial charge in [-0.1, -0.05) is 27.7 Å². The van der Waals surface area contributed by atoms with Crippen LogP contribution in [0.2, 0.25) is 0 Å². The summed E-state index contributed by atoms with van der Waals surface area (Å²) in [6.07, 6.45) is 3.89. The van der Waals surface area contributed by atoms with Gasteiger partial charge in [-0.25, -0.2) is 0 Å². The fourth-order valence-electron chi connectivity index (χ4n) is 2.71. The first-order valence-corrected chi connectivity index (χ1v) is 7.53. The summed E-state index contributed by atoms with van der Waals surface area (Å²) in [7, 11) is 0. The van der Waals surface area contributed by atoms with Crippen molar-refractivity contribution in [2.24, 2.45) is 17.3 Å². The second-order valence-electron chi connectivity index (χ2n) is 5.84. The van der Waals surface area contributed by atoms with Gasteiger partial charge in [-0.2, -0.15) is 12.6 Å². The molecule has 0 aromatic heterocycles. The number of hydrogen-bond acceptors (Lipinski definition) is 2. The van der Waals surface area contributed by atoms with Crippen LogP contribution in [0.1, 0.15) is 47.0 Å². The standard InChI is InChI=1S/C14H29NS/c1-5-14(6-2,11-16)10-15-8-7-12(3)13(4)9-15/h12-13,16H,5-11H2,1-4H3. The molecule has 0 aromatic carbocycles. The minimum Gasteiger partial charge on any atom is -0.302 e. The van der Waals surface area contributed by atoms with Crippen molar-refractivity contribution in [2.75, 3.05) is 25.4 Å². The van der Waals surface area contributed by atoms with E-state index < -0.39 is 0 Å². The monoisotopic (exact) mass is 243 g/mol. The molecule has 1 nitrogen and oxygen atoms in total. The quantitative estimate of drug-likeness (QED) is 0.721. The van der Waals surface area contributed by atoms with Crippen LogP contribution in [0.4, 0.5) is 0 Å². The van der Waals surface area contributed by atoms with Crippen molar-refractivity contribution in [3.05, 3.63) is 0 Å². The normalized spacial score (nSPS) is 28.3. The molecule has 0 aliphatic carbocycles. The summed E-state index contributed by atoms with van der Waals surface area (Å²) < 4.78 is 0. The third-order valence-electron chi connectivity index (χ3n) is 4.81. The maximum atomic E-state index is 4.57. The molecule has 1 fully saturated rings. The topological polar surface area (TPSA) is 3.24 Å². The second kappa shape index (κ2) is 6.30. The maximum Gasteiger partial charge on any atom is 0.00457 e. The van der Waals surface area contributed by atoms with Crippen LogP contribution >= 0.6 is 12.6 Å². The summed E-state index contributed by atoms with van der Waals surface area (Å²) in [5, 5.41) is 0. The van der Waals surface area contributed by atoms with Crippen molar-refractivity contribution in [3.8, 4) is 0 Å². The second-order valence-corrected chi connectivity index (χ2v) is 6.16. The van der Waals surface area contributed by atoms with E-state index >= 15 is 0 Å². The Kier molecular flexibility index (Phi) is 5.66. The summed E-state index contributed by atoms with van der Waals surface area (Å²) in [6, 6.07) is 0. The summed E-state index contributed by atoms with van der Waals surface area (Å²) in [5.41, 5.74) is 0.448. The fourth-order valence-corrected chi connectivity index (χ4v) is 3.26. The smallest absolute Gasteiger partial charge is 0.00457 e. The highest BCUT2D eigenvalue weighted by molar-refractivity contribution is 7.80. The van der Waals surface area contributed by atoms with Gasteiger partial charge >= 0.3 is 0 Å². The molecular weight excluding hydrogens is 214 g/mol. The molecule has 0 amide bonds. The van der Waals surface area contributed by atoms with E-state index in [0.717, 1.165) is 17.6 Å². The minimum absolute atomic E-state index is 0.448. The summed E-state index contributed by atoms with van der Waals surface area (Å²) in [6.45, 7) is 13.3. The van der Waals surface area contributed by atoms with Crippen molar-refractivity contribution in [1.29, 1.82) is 0 Å². The van der Waals surface area contributed by atoms with E-state index in [2.05, 4.69) is 45.2 Å². The van der Waals surface area contributed by atoms with Crippen LogP contribution < -0.4 is 0 Å².